The van der Waals surface area contributed by atoms with Gasteiger partial charge in [0.15, 0.2) is 0 Å². The van der Waals surface area contributed by atoms with Crippen molar-refractivity contribution in [1.29, 1.82) is 0 Å². The molecule has 0 spiro atoms. The molecule has 3 aromatic heterocycles. The topological polar surface area (TPSA) is 40.2 Å². The van der Waals surface area contributed by atoms with Crippen LogP contribution in [0.5, 0.6) is 0 Å². The van der Waals surface area contributed by atoms with Gasteiger partial charge in [0.25, 0.3) is 0 Å². The highest BCUT2D eigenvalue weighted by atomic mass is 35.5. The van der Waals surface area contributed by atoms with Crippen molar-refractivity contribution in [3.63, 3.8) is 0 Å². The summed E-state index contributed by atoms with van der Waals surface area (Å²) in [5.41, 5.74) is 0.977. The summed E-state index contributed by atoms with van der Waals surface area (Å²) in [7, 11) is 0. The van der Waals surface area contributed by atoms with E-state index in [-0.39, 0.29) is 18.1 Å². The molecule has 7 rings (SSSR count). The lowest BCUT2D eigenvalue weighted by Crippen LogP contribution is -3.00. The van der Waals surface area contributed by atoms with Crippen molar-refractivity contribution in [2.45, 2.75) is 12.7 Å². The summed E-state index contributed by atoms with van der Waals surface area (Å²) >= 11 is 0. The molecule has 0 unspecified atom stereocenters. The van der Waals surface area contributed by atoms with E-state index in [1.54, 1.807) is 18.5 Å². The number of quaternary nitrogens is 1. The molecule has 4 bridgehead atoms. The molecular weight excluding hydrogens is 421 g/mol. The van der Waals surface area contributed by atoms with Gasteiger partial charge in [-0.1, -0.05) is 0 Å². The zero-order valence-corrected chi connectivity index (χ0v) is 16.8. The van der Waals surface area contributed by atoms with Crippen LogP contribution in [0, 0.1) is 0 Å². The highest BCUT2D eigenvalue weighted by molar-refractivity contribution is 5.67. The molecule has 0 aromatic carbocycles. The number of aromatic nitrogens is 2. The smallest absolute Gasteiger partial charge is 0.420 e. The zero-order chi connectivity index (χ0) is 19.8. The molecule has 0 radical (unpaired) electrons. The van der Waals surface area contributed by atoms with Crippen LogP contribution in [-0.2, 0) is 12.7 Å². The number of nitrogens with zero attached hydrogens (tertiary/aromatic N) is 6. The third-order valence-corrected chi connectivity index (χ3v) is 5.96. The van der Waals surface area contributed by atoms with E-state index < -0.39 is 11.7 Å². The van der Waals surface area contributed by atoms with E-state index in [4.69, 9.17) is 4.42 Å². The largest absolute Gasteiger partial charge is 1.00 e. The van der Waals surface area contributed by atoms with Crippen molar-refractivity contribution in [1.82, 2.24) is 24.1 Å². The van der Waals surface area contributed by atoms with Crippen LogP contribution in [0.3, 0.4) is 0 Å². The minimum absolute atomic E-state index is 0. The number of imidazole rings is 1. The molecule has 11 heteroatoms. The second-order valence-corrected chi connectivity index (χ2v) is 8.48. The van der Waals surface area contributed by atoms with Crippen LogP contribution in [0.15, 0.2) is 41.5 Å². The number of hydrogen-bond acceptors (Lipinski definition) is 5. The van der Waals surface area contributed by atoms with Crippen LogP contribution in [0.25, 0.3) is 16.8 Å². The average Bonchev–Trinajstić information content (AvgIpc) is 3.27. The minimum Gasteiger partial charge on any atom is -1.00 e. The fourth-order valence-corrected chi connectivity index (χ4v) is 5.17. The van der Waals surface area contributed by atoms with E-state index in [1.165, 1.54) is 16.9 Å². The van der Waals surface area contributed by atoms with E-state index >= 15 is 0 Å². The molecular formula is C19H20ClF3N6O. The first kappa shape index (κ1) is 19.8. The maximum atomic E-state index is 13.8. The van der Waals surface area contributed by atoms with Crippen molar-refractivity contribution >= 4 is 5.65 Å². The number of furan rings is 1. The number of alkyl halides is 3. The predicted molar refractivity (Wildman–Crippen MR) is 96.6 cm³/mol. The monoisotopic (exact) mass is 440 g/mol. The summed E-state index contributed by atoms with van der Waals surface area (Å²) in [6, 6.07) is 2.81. The van der Waals surface area contributed by atoms with Gasteiger partial charge in [-0.15, -0.1) is 0 Å². The third-order valence-electron chi connectivity index (χ3n) is 5.96. The fraction of sp³-hybridized carbons (Fsp3) is 0.421. The summed E-state index contributed by atoms with van der Waals surface area (Å²) < 4.78 is 48.6. The summed E-state index contributed by atoms with van der Waals surface area (Å²) in [6.07, 6.45) is 1.85. The Bertz CT molecular complexity index is 1040. The van der Waals surface area contributed by atoms with E-state index in [0.717, 1.165) is 50.6 Å². The number of pyridine rings is 1. The lowest BCUT2D eigenvalue weighted by atomic mass is 10.1. The molecule has 4 fully saturated rings. The lowest BCUT2D eigenvalue weighted by molar-refractivity contribution is -0.991. The first-order chi connectivity index (χ1) is 13.9. The summed E-state index contributed by atoms with van der Waals surface area (Å²) in [6.45, 7) is 6.24. The van der Waals surface area contributed by atoms with Gasteiger partial charge < -0.3 is 21.2 Å². The second kappa shape index (κ2) is 6.69. The molecule has 30 heavy (non-hydrogen) atoms. The normalized spacial score (nSPS) is 30.0. The van der Waals surface area contributed by atoms with Gasteiger partial charge in [-0.3, -0.25) is 4.48 Å². The van der Waals surface area contributed by atoms with Gasteiger partial charge in [-0.25, -0.2) is 19.7 Å². The maximum Gasteiger partial charge on any atom is 0.420 e. The summed E-state index contributed by atoms with van der Waals surface area (Å²) in [5.74, 6) is 0. The predicted octanol–water partition coefficient (Wildman–Crippen LogP) is -0.374. The van der Waals surface area contributed by atoms with Gasteiger partial charge in [-0.2, -0.15) is 13.2 Å². The van der Waals surface area contributed by atoms with Crippen molar-refractivity contribution in [3.05, 3.63) is 48.3 Å². The molecule has 4 aliphatic rings. The quantitative estimate of drug-likeness (QED) is 0.520. The van der Waals surface area contributed by atoms with Crippen LogP contribution in [0.2, 0.25) is 0 Å². The molecule has 160 valence electrons. The molecule has 3 aromatic rings. The van der Waals surface area contributed by atoms with Crippen LogP contribution in [0.1, 0.15) is 11.3 Å². The van der Waals surface area contributed by atoms with Gasteiger partial charge in [-0.05, 0) is 12.1 Å². The second-order valence-electron chi connectivity index (χ2n) is 8.48. The highest BCUT2D eigenvalue weighted by Crippen LogP contribution is 2.36. The van der Waals surface area contributed by atoms with Gasteiger partial charge in [0, 0.05) is 23.5 Å². The third kappa shape index (κ3) is 3.19. The molecule has 7 nitrogen and oxygen atoms in total. The standard InChI is InChI=1S/C19H20F3N6O.ClH/c20-19(21,22)17-3-15(14-1-2-29-7-14)4-27-5-16(23-18(17)27)6-28-11-24-8-25(12-28)10-26(9-24)13-28;/h1-5,7H,6,8-13H2;1H/q+1;/p-1. The molecule has 0 saturated carbocycles. The highest BCUT2D eigenvalue weighted by Gasteiger charge is 2.48. The zero-order valence-electron chi connectivity index (χ0n) is 16.0. The van der Waals surface area contributed by atoms with Crippen molar-refractivity contribution in [3.8, 4) is 11.1 Å². The molecule has 7 heterocycles. The molecule has 4 saturated heterocycles. The fourth-order valence-electron chi connectivity index (χ4n) is 5.17. The van der Waals surface area contributed by atoms with Crippen molar-refractivity contribution < 1.29 is 34.5 Å². The van der Waals surface area contributed by atoms with Gasteiger partial charge in [0.05, 0.1) is 38.1 Å². The first-order valence-electron chi connectivity index (χ1n) is 9.51. The molecule has 0 N–H and O–H groups in total. The van der Waals surface area contributed by atoms with E-state index in [1.807, 2.05) is 0 Å². The Labute approximate surface area is 176 Å². The lowest BCUT2D eigenvalue weighted by Gasteiger charge is -2.60. The van der Waals surface area contributed by atoms with Gasteiger partial charge in [0.1, 0.15) is 37.9 Å². The number of rotatable bonds is 3. The van der Waals surface area contributed by atoms with E-state index in [9.17, 15) is 13.2 Å². The Morgan fingerprint density at radius 3 is 2.23 bits per heavy atom. The Hall–Kier alpha value is -2.11. The SMILES string of the molecule is FC(F)(F)c1cc(-c2ccoc2)cn2cc(C[N+]34CN5CN(CN(C5)C3)C4)nc12.[Cl-]. The Balaban J connectivity index is 0.00000193. The number of halogens is 4. The first-order valence-corrected chi connectivity index (χ1v) is 9.51. The van der Waals surface area contributed by atoms with Crippen LogP contribution in [0.4, 0.5) is 13.2 Å². The van der Waals surface area contributed by atoms with E-state index in [2.05, 4.69) is 19.7 Å². The minimum atomic E-state index is -4.48. The summed E-state index contributed by atoms with van der Waals surface area (Å²) in [4.78, 5) is 11.6. The Kier molecular flexibility index (Phi) is 4.42. The molecule has 4 aliphatic heterocycles. The van der Waals surface area contributed by atoms with Crippen molar-refractivity contribution in [2.75, 3.05) is 40.0 Å². The van der Waals surface area contributed by atoms with Gasteiger partial charge in [0.2, 0.25) is 0 Å². The van der Waals surface area contributed by atoms with Crippen LogP contribution in [-0.4, -0.2) is 68.6 Å². The number of fused-ring (bicyclic) bond motifs is 1. The van der Waals surface area contributed by atoms with Crippen LogP contribution >= 0.6 is 0 Å². The molecule has 0 atom stereocenters. The summed E-state index contributed by atoms with van der Waals surface area (Å²) in [5, 5.41) is 0. The maximum absolute atomic E-state index is 13.8. The Morgan fingerprint density at radius 1 is 1.00 bits per heavy atom. The Morgan fingerprint density at radius 2 is 1.67 bits per heavy atom. The van der Waals surface area contributed by atoms with Crippen molar-refractivity contribution in [2.24, 2.45) is 0 Å². The average molecular weight is 441 g/mol. The van der Waals surface area contributed by atoms with E-state index in [0.29, 0.717) is 23.4 Å². The van der Waals surface area contributed by atoms with Gasteiger partial charge >= 0.3 is 6.18 Å². The van der Waals surface area contributed by atoms with Crippen LogP contribution < -0.4 is 12.4 Å². The number of hydrogen-bond donors (Lipinski definition) is 0. The molecule has 0 amide bonds. The molecule has 0 aliphatic carbocycles.